The van der Waals surface area contributed by atoms with E-state index < -0.39 is 21.7 Å². The number of benzene rings is 2. The van der Waals surface area contributed by atoms with E-state index in [-0.39, 0.29) is 21.9 Å². The number of anilines is 1. The Balaban J connectivity index is 1.91. The van der Waals surface area contributed by atoms with Gasteiger partial charge in [0.05, 0.1) is 16.1 Å². The van der Waals surface area contributed by atoms with E-state index in [0.29, 0.717) is 17.6 Å². The van der Waals surface area contributed by atoms with Gasteiger partial charge in [-0.3, -0.25) is 4.79 Å². The van der Waals surface area contributed by atoms with Crippen LogP contribution in [0, 0.1) is 5.82 Å². The Bertz CT molecular complexity index is 959. The molecule has 1 aliphatic heterocycles. The van der Waals surface area contributed by atoms with Gasteiger partial charge in [-0.05, 0) is 49.2 Å². The highest BCUT2D eigenvalue weighted by atomic mass is 79.9. The minimum Gasteiger partial charge on any atom is -0.506 e. The largest absolute Gasteiger partial charge is 0.506 e. The molecule has 0 spiro atoms. The molecule has 1 heterocycles. The first-order chi connectivity index (χ1) is 12.3. The van der Waals surface area contributed by atoms with Gasteiger partial charge in [-0.2, -0.15) is 4.31 Å². The Hall–Kier alpha value is -1.97. The summed E-state index contributed by atoms with van der Waals surface area (Å²) in [4.78, 5) is 12.3. The van der Waals surface area contributed by atoms with E-state index in [2.05, 4.69) is 21.2 Å². The summed E-state index contributed by atoms with van der Waals surface area (Å²) in [6.45, 7) is 0.877. The van der Waals surface area contributed by atoms with Crippen molar-refractivity contribution in [3.63, 3.8) is 0 Å². The average molecular weight is 443 g/mol. The monoisotopic (exact) mass is 442 g/mol. The molecule has 0 aliphatic carbocycles. The number of amides is 1. The number of phenols is 1. The fourth-order valence-corrected chi connectivity index (χ4v) is 4.62. The molecule has 3 rings (SSSR count). The minimum absolute atomic E-state index is 0.0396. The zero-order valence-corrected chi connectivity index (χ0v) is 16.0. The Morgan fingerprint density at radius 3 is 2.54 bits per heavy atom. The summed E-state index contributed by atoms with van der Waals surface area (Å²) in [5.74, 6) is -1.84. The van der Waals surface area contributed by atoms with Gasteiger partial charge in [0.15, 0.2) is 0 Å². The van der Waals surface area contributed by atoms with Gasteiger partial charge in [0.1, 0.15) is 11.6 Å². The number of rotatable bonds is 4. The summed E-state index contributed by atoms with van der Waals surface area (Å²) in [6.07, 6.45) is 1.59. The van der Waals surface area contributed by atoms with E-state index in [0.717, 1.165) is 18.9 Å². The maximum Gasteiger partial charge on any atom is 0.258 e. The molecular formula is C17H16BrFN2O4S. The zero-order valence-electron chi connectivity index (χ0n) is 13.6. The van der Waals surface area contributed by atoms with Crippen molar-refractivity contribution in [2.75, 3.05) is 18.4 Å². The zero-order chi connectivity index (χ0) is 18.9. The molecule has 6 nitrogen and oxygen atoms in total. The summed E-state index contributed by atoms with van der Waals surface area (Å²) in [7, 11) is -3.70. The van der Waals surface area contributed by atoms with E-state index in [1.54, 1.807) is 0 Å². The standard InChI is InChI=1S/C17H16BrFN2O4S/c18-11-3-5-14(19)13(9-11)17(23)20-15-10-12(4-6-16(15)22)26(24,25)21-7-1-2-8-21/h3-6,9-10,22H,1-2,7-8H2,(H,20,23). The lowest BCUT2D eigenvalue weighted by Gasteiger charge is -2.17. The first-order valence-corrected chi connectivity index (χ1v) is 10.1. The molecule has 0 aromatic heterocycles. The number of halogens is 2. The molecular weight excluding hydrogens is 427 g/mol. The molecule has 26 heavy (non-hydrogen) atoms. The van der Waals surface area contributed by atoms with Crippen molar-refractivity contribution in [1.29, 1.82) is 0 Å². The van der Waals surface area contributed by atoms with Crippen LogP contribution in [0.2, 0.25) is 0 Å². The number of aromatic hydroxyl groups is 1. The molecule has 0 bridgehead atoms. The molecule has 0 atom stereocenters. The lowest BCUT2D eigenvalue weighted by atomic mass is 10.2. The van der Waals surface area contributed by atoms with Crippen LogP contribution < -0.4 is 5.32 Å². The molecule has 2 N–H and O–H groups in total. The van der Waals surface area contributed by atoms with Crippen LogP contribution in [0.25, 0.3) is 0 Å². The summed E-state index contributed by atoms with van der Waals surface area (Å²) >= 11 is 3.16. The predicted molar refractivity (Wildman–Crippen MR) is 98.2 cm³/mol. The van der Waals surface area contributed by atoms with Crippen LogP contribution in [0.3, 0.4) is 0 Å². The summed E-state index contributed by atoms with van der Waals surface area (Å²) < 4.78 is 41.0. The third kappa shape index (κ3) is 3.74. The number of carbonyl (C=O) groups is 1. The molecule has 9 heteroatoms. The van der Waals surface area contributed by atoms with E-state index in [1.165, 1.54) is 34.6 Å². The van der Waals surface area contributed by atoms with Gasteiger partial charge in [0.25, 0.3) is 5.91 Å². The van der Waals surface area contributed by atoms with E-state index >= 15 is 0 Å². The highest BCUT2D eigenvalue weighted by molar-refractivity contribution is 9.10. The maximum absolute atomic E-state index is 13.8. The Kier molecular flexibility index (Phi) is 5.31. The van der Waals surface area contributed by atoms with Gasteiger partial charge < -0.3 is 10.4 Å². The van der Waals surface area contributed by atoms with Gasteiger partial charge in [0, 0.05) is 17.6 Å². The number of carbonyl (C=O) groups excluding carboxylic acids is 1. The van der Waals surface area contributed by atoms with Gasteiger partial charge in [-0.25, -0.2) is 12.8 Å². The predicted octanol–water partition coefficient (Wildman–Crippen LogP) is 3.33. The average Bonchev–Trinajstić information content (AvgIpc) is 3.14. The lowest BCUT2D eigenvalue weighted by molar-refractivity contribution is 0.102. The Morgan fingerprint density at radius 2 is 1.85 bits per heavy atom. The smallest absolute Gasteiger partial charge is 0.258 e. The quantitative estimate of drug-likeness (QED) is 0.710. The Morgan fingerprint density at radius 1 is 1.15 bits per heavy atom. The van der Waals surface area contributed by atoms with Gasteiger partial charge in [0.2, 0.25) is 10.0 Å². The topological polar surface area (TPSA) is 86.7 Å². The third-order valence-electron chi connectivity index (χ3n) is 4.09. The van der Waals surface area contributed by atoms with Crippen LogP contribution in [0.15, 0.2) is 45.8 Å². The third-order valence-corrected chi connectivity index (χ3v) is 6.48. The van der Waals surface area contributed by atoms with Crippen LogP contribution in [-0.2, 0) is 10.0 Å². The van der Waals surface area contributed by atoms with Gasteiger partial charge in [-0.1, -0.05) is 15.9 Å². The molecule has 2 aromatic rings. The van der Waals surface area contributed by atoms with Crippen LogP contribution in [0.5, 0.6) is 5.75 Å². The van der Waals surface area contributed by atoms with Crippen LogP contribution in [0.1, 0.15) is 23.2 Å². The number of hydrogen-bond acceptors (Lipinski definition) is 4. The van der Waals surface area contributed by atoms with Gasteiger partial charge in [-0.15, -0.1) is 0 Å². The SMILES string of the molecule is O=C(Nc1cc(S(=O)(=O)N2CCCC2)ccc1O)c1cc(Br)ccc1F. The minimum atomic E-state index is -3.70. The molecule has 0 unspecified atom stereocenters. The molecule has 1 saturated heterocycles. The second kappa shape index (κ2) is 7.34. The van der Waals surface area contributed by atoms with E-state index in [9.17, 15) is 22.7 Å². The van der Waals surface area contributed by atoms with Crippen molar-refractivity contribution in [1.82, 2.24) is 4.31 Å². The summed E-state index contributed by atoms with van der Waals surface area (Å²) in [5.41, 5.74) is -0.332. The summed E-state index contributed by atoms with van der Waals surface area (Å²) in [5, 5.41) is 12.3. The number of phenolic OH excluding ortho intramolecular Hbond substituents is 1. The second-order valence-corrected chi connectivity index (χ2v) is 8.72. The normalized spacial score (nSPS) is 15.2. The first-order valence-electron chi connectivity index (χ1n) is 7.88. The van der Waals surface area contributed by atoms with Crippen molar-refractivity contribution in [3.05, 3.63) is 52.3 Å². The number of nitrogens with zero attached hydrogens (tertiary/aromatic N) is 1. The molecule has 1 fully saturated rings. The number of nitrogens with one attached hydrogen (secondary N) is 1. The van der Waals surface area contributed by atoms with Crippen LogP contribution in [0.4, 0.5) is 10.1 Å². The highest BCUT2D eigenvalue weighted by Crippen LogP contribution is 2.30. The van der Waals surface area contributed by atoms with Crippen LogP contribution in [-0.4, -0.2) is 36.8 Å². The van der Waals surface area contributed by atoms with Crippen molar-refractivity contribution in [3.8, 4) is 5.75 Å². The molecule has 0 radical (unpaired) electrons. The van der Waals surface area contributed by atoms with Crippen molar-refractivity contribution >= 4 is 37.5 Å². The number of hydrogen-bond donors (Lipinski definition) is 2. The molecule has 0 saturated carbocycles. The highest BCUT2D eigenvalue weighted by Gasteiger charge is 2.28. The van der Waals surface area contributed by atoms with Crippen molar-refractivity contribution in [2.45, 2.75) is 17.7 Å². The van der Waals surface area contributed by atoms with E-state index in [4.69, 9.17) is 0 Å². The molecule has 138 valence electrons. The van der Waals surface area contributed by atoms with Crippen molar-refractivity contribution < 1.29 is 22.7 Å². The van der Waals surface area contributed by atoms with E-state index in [1.807, 2.05) is 0 Å². The second-order valence-electron chi connectivity index (χ2n) is 5.87. The van der Waals surface area contributed by atoms with Crippen LogP contribution >= 0.6 is 15.9 Å². The number of sulfonamides is 1. The molecule has 1 aliphatic rings. The van der Waals surface area contributed by atoms with Gasteiger partial charge >= 0.3 is 0 Å². The fourth-order valence-electron chi connectivity index (χ4n) is 2.71. The van der Waals surface area contributed by atoms with Crippen molar-refractivity contribution in [2.24, 2.45) is 0 Å². The maximum atomic E-state index is 13.8. The fraction of sp³-hybridized carbons (Fsp3) is 0.235. The Labute approximate surface area is 158 Å². The first kappa shape index (κ1) is 18.8. The summed E-state index contributed by atoms with van der Waals surface area (Å²) in [6, 6.07) is 7.53. The molecule has 2 aromatic carbocycles. The lowest BCUT2D eigenvalue weighted by Crippen LogP contribution is -2.28. The molecule has 1 amide bonds.